The summed E-state index contributed by atoms with van der Waals surface area (Å²) < 4.78 is 24.0. The summed E-state index contributed by atoms with van der Waals surface area (Å²) in [4.78, 5) is 17.0. The van der Waals surface area contributed by atoms with Gasteiger partial charge < -0.3 is 14.8 Å². The average molecular weight is 371 g/mol. The number of aliphatic imine (C=N–C) groups is 1. The van der Waals surface area contributed by atoms with Crippen LogP contribution in [0.15, 0.2) is 53.5 Å². The van der Waals surface area contributed by atoms with E-state index in [9.17, 15) is 9.18 Å². The van der Waals surface area contributed by atoms with Crippen LogP contribution in [0.4, 0.5) is 10.1 Å². The van der Waals surface area contributed by atoms with Crippen molar-refractivity contribution < 1.29 is 18.7 Å². The molecule has 0 bridgehead atoms. The van der Waals surface area contributed by atoms with Crippen molar-refractivity contribution in [1.82, 2.24) is 5.32 Å². The molecule has 0 radical (unpaired) electrons. The maximum Gasteiger partial charge on any atom is 0.257 e. The Hall–Kier alpha value is -2.93. The van der Waals surface area contributed by atoms with E-state index in [4.69, 9.17) is 9.47 Å². The molecule has 2 aromatic carbocycles. The van der Waals surface area contributed by atoms with E-state index >= 15 is 0 Å². The lowest BCUT2D eigenvalue weighted by molar-refractivity contribution is 0.0975. The first-order valence-electron chi connectivity index (χ1n) is 8.78. The Bertz CT molecular complexity index is 802. The SMILES string of the molecule is COc1ccccc1NC(=NC[C@H]1CCCO1)NC(=O)c1ccc(F)cc1. The summed E-state index contributed by atoms with van der Waals surface area (Å²) in [6, 6.07) is 12.7. The third kappa shape index (κ3) is 5.27. The third-order valence-electron chi connectivity index (χ3n) is 4.18. The van der Waals surface area contributed by atoms with Crippen molar-refractivity contribution in [1.29, 1.82) is 0 Å². The summed E-state index contributed by atoms with van der Waals surface area (Å²) in [7, 11) is 1.57. The number of ether oxygens (including phenoxy) is 2. The predicted molar refractivity (Wildman–Crippen MR) is 102 cm³/mol. The van der Waals surface area contributed by atoms with Crippen LogP contribution >= 0.6 is 0 Å². The van der Waals surface area contributed by atoms with Gasteiger partial charge in [0.25, 0.3) is 5.91 Å². The average Bonchev–Trinajstić information content (AvgIpc) is 3.20. The zero-order valence-electron chi connectivity index (χ0n) is 15.1. The summed E-state index contributed by atoms with van der Waals surface area (Å²) in [5.41, 5.74) is 1.01. The number of guanidine groups is 1. The van der Waals surface area contributed by atoms with Crippen molar-refractivity contribution in [2.75, 3.05) is 25.6 Å². The smallest absolute Gasteiger partial charge is 0.257 e. The van der Waals surface area contributed by atoms with Gasteiger partial charge in [-0.25, -0.2) is 9.38 Å². The maximum absolute atomic E-state index is 13.1. The van der Waals surface area contributed by atoms with Gasteiger partial charge in [-0.3, -0.25) is 10.1 Å². The molecule has 1 saturated heterocycles. The van der Waals surface area contributed by atoms with E-state index in [0.29, 0.717) is 23.5 Å². The molecule has 2 N–H and O–H groups in total. The van der Waals surface area contributed by atoms with Crippen LogP contribution in [0, 0.1) is 5.82 Å². The van der Waals surface area contributed by atoms with Crippen LogP contribution in [0.1, 0.15) is 23.2 Å². The molecule has 1 amide bonds. The van der Waals surface area contributed by atoms with Crippen LogP contribution in [0.2, 0.25) is 0 Å². The fourth-order valence-electron chi connectivity index (χ4n) is 2.75. The van der Waals surface area contributed by atoms with E-state index < -0.39 is 5.82 Å². The van der Waals surface area contributed by atoms with Crippen molar-refractivity contribution in [3.63, 3.8) is 0 Å². The molecule has 6 nitrogen and oxygen atoms in total. The Morgan fingerprint density at radius 1 is 1.26 bits per heavy atom. The number of nitrogens with one attached hydrogen (secondary N) is 2. The van der Waals surface area contributed by atoms with Crippen LogP contribution in [0.3, 0.4) is 0 Å². The summed E-state index contributed by atoms with van der Waals surface area (Å²) in [5.74, 6) is 0.122. The molecule has 1 fully saturated rings. The highest BCUT2D eigenvalue weighted by atomic mass is 19.1. The number of para-hydroxylation sites is 2. The minimum absolute atomic E-state index is 0.0437. The highest BCUT2D eigenvalue weighted by Crippen LogP contribution is 2.23. The van der Waals surface area contributed by atoms with Crippen LogP contribution < -0.4 is 15.4 Å². The first kappa shape index (κ1) is 18.8. The standard InChI is InChI=1S/C20H22FN3O3/c1-26-18-7-3-2-6-17(18)23-20(22-13-16-5-4-12-27-16)24-19(25)14-8-10-15(21)11-9-14/h2-3,6-11,16H,4-5,12-13H2,1H3,(H2,22,23,24,25)/t16-/m1/s1. The van der Waals surface area contributed by atoms with Crippen molar-refractivity contribution in [2.24, 2.45) is 4.99 Å². The Labute approximate surface area is 157 Å². The third-order valence-corrected chi connectivity index (χ3v) is 4.18. The molecule has 0 unspecified atom stereocenters. The summed E-state index contributed by atoms with van der Waals surface area (Å²) in [5, 5.41) is 5.84. The van der Waals surface area contributed by atoms with Crippen LogP contribution in [-0.2, 0) is 4.74 Å². The summed E-state index contributed by atoms with van der Waals surface area (Å²) in [6.07, 6.45) is 2.00. The van der Waals surface area contributed by atoms with E-state index in [1.807, 2.05) is 24.3 Å². The van der Waals surface area contributed by atoms with Gasteiger partial charge in [-0.2, -0.15) is 0 Å². The molecule has 1 atom stereocenters. The van der Waals surface area contributed by atoms with E-state index in [1.54, 1.807) is 7.11 Å². The molecule has 1 aliphatic heterocycles. The van der Waals surface area contributed by atoms with Gasteiger partial charge >= 0.3 is 0 Å². The minimum atomic E-state index is -0.397. The number of hydrogen-bond donors (Lipinski definition) is 2. The van der Waals surface area contributed by atoms with E-state index in [-0.39, 0.29) is 18.0 Å². The van der Waals surface area contributed by atoms with E-state index in [1.165, 1.54) is 24.3 Å². The molecule has 0 aromatic heterocycles. The number of methoxy groups -OCH3 is 1. The number of carbonyl (C=O) groups excluding carboxylic acids is 1. The molecule has 2 aromatic rings. The molecular weight excluding hydrogens is 349 g/mol. The van der Waals surface area contributed by atoms with Gasteiger partial charge in [0.05, 0.1) is 25.4 Å². The molecule has 27 heavy (non-hydrogen) atoms. The lowest BCUT2D eigenvalue weighted by atomic mass is 10.2. The molecule has 0 saturated carbocycles. The largest absolute Gasteiger partial charge is 0.495 e. The quantitative estimate of drug-likeness (QED) is 0.625. The fraction of sp³-hybridized carbons (Fsp3) is 0.300. The Balaban J connectivity index is 1.77. The first-order valence-corrected chi connectivity index (χ1v) is 8.78. The normalized spacial score (nSPS) is 16.8. The Morgan fingerprint density at radius 2 is 2.04 bits per heavy atom. The number of nitrogens with zero attached hydrogens (tertiary/aromatic N) is 1. The van der Waals surface area contributed by atoms with Crippen LogP contribution in [0.25, 0.3) is 0 Å². The Kier molecular flexibility index (Phi) is 6.38. The summed E-state index contributed by atoms with van der Waals surface area (Å²) in [6.45, 7) is 1.17. The zero-order valence-corrected chi connectivity index (χ0v) is 15.1. The number of benzene rings is 2. The van der Waals surface area contributed by atoms with Crippen molar-refractivity contribution in [3.05, 3.63) is 59.9 Å². The lowest BCUT2D eigenvalue weighted by Gasteiger charge is -2.15. The molecule has 142 valence electrons. The van der Waals surface area contributed by atoms with Gasteiger partial charge in [-0.1, -0.05) is 12.1 Å². The van der Waals surface area contributed by atoms with Gasteiger partial charge in [-0.05, 0) is 49.2 Å². The minimum Gasteiger partial charge on any atom is -0.495 e. The fourth-order valence-corrected chi connectivity index (χ4v) is 2.75. The van der Waals surface area contributed by atoms with Crippen LogP contribution in [-0.4, -0.2) is 38.2 Å². The number of anilines is 1. The number of carbonyl (C=O) groups is 1. The van der Waals surface area contributed by atoms with Gasteiger partial charge in [-0.15, -0.1) is 0 Å². The topological polar surface area (TPSA) is 71.9 Å². The van der Waals surface area contributed by atoms with Gasteiger partial charge in [0.1, 0.15) is 11.6 Å². The van der Waals surface area contributed by atoms with Gasteiger partial charge in [0, 0.05) is 12.2 Å². The molecule has 0 aliphatic carbocycles. The van der Waals surface area contributed by atoms with Gasteiger partial charge in [0.2, 0.25) is 5.96 Å². The lowest BCUT2D eigenvalue weighted by Crippen LogP contribution is -2.36. The van der Waals surface area contributed by atoms with Crippen molar-refractivity contribution in [3.8, 4) is 5.75 Å². The molecule has 1 aliphatic rings. The van der Waals surface area contributed by atoms with Gasteiger partial charge in [0.15, 0.2) is 0 Å². The molecular formula is C20H22FN3O3. The highest BCUT2D eigenvalue weighted by molar-refractivity contribution is 6.10. The van der Waals surface area contributed by atoms with Crippen molar-refractivity contribution in [2.45, 2.75) is 18.9 Å². The molecule has 1 heterocycles. The molecule has 3 rings (SSSR count). The second-order valence-corrected chi connectivity index (χ2v) is 6.11. The monoisotopic (exact) mass is 371 g/mol. The predicted octanol–water partition coefficient (Wildman–Crippen LogP) is 3.21. The van der Waals surface area contributed by atoms with Crippen LogP contribution in [0.5, 0.6) is 5.75 Å². The number of halogens is 1. The first-order chi connectivity index (χ1) is 13.2. The second kappa shape index (κ2) is 9.14. The maximum atomic E-state index is 13.1. The zero-order chi connectivity index (χ0) is 19.1. The highest BCUT2D eigenvalue weighted by Gasteiger charge is 2.16. The molecule has 7 heteroatoms. The molecule has 0 spiro atoms. The van der Waals surface area contributed by atoms with Crippen molar-refractivity contribution >= 4 is 17.6 Å². The Morgan fingerprint density at radius 3 is 2.74 bits per heavy atom. The van der Waals surface area contributed by atoms with E-state index in [0.717, 1.165) is 19.4 Å². The number of rotatable bonds is 5. The number of amides is 1. The van der Waals surface area contributed by atoms with E-state index in [2.05, 4.69) is 15.6 Å². The summed E-state index contributed by atoms with van der Waals surface area (Å²) >= 11 is 0. The number of hydrogen-bond acceptors (Lipinski definition) is 4. The second-order valence-electron chi connectivity index (χ2n) is 6.11.